The molecule has 0 spiro atoms. The molecule has 0 saturated heterocycles. The summed E-state index contributed by atoms with van der Waals surface area (Å²) >= 11 is 7.45. The summed E-state index contributed by atoms with van der Waals surface area (Å²) in [5.74, 6) is 0. The molecule has 0 aliphatic rings. The average Bonchev–Trinajstić information content (AvgIpc) is 3.17. The molecule has 0 aliphatic heterocycles. The lowest BCUT2D eigenvalue weighted by Gasteiger charge is -2.20. The Bertz CT molecular complexity index is 1070. The number of fused-ring (bicyclic) bond motifs is 1. The zero-order valence-electron chi connectivity index (χ0n) is 12.9. The van der Waals surface area contributed by atoms with Crippen molar-refractivity contribution in [3.05, 3.63) is 87.0 Å². The SMILES string of the molecule is Cn1c(=O)sc2cc(C(c3cccc(Cl)c3)n3ccnc3)ccc21. The number of thiazole rings is 1. The van der Waals surface area contributed by atoms with Gasteiger partial charge in [-0.1, -0.05) is 41.1 Å². The molecule has 4 nitrogen and oxygen atoms in total. The molecular weight excluding hydrogens is 342 g/mol. The van der Waals surface area contributed by atoms with Crippen LogP contribution in [0.1, 0.15) is 17.2 Å². The molecule has 120 valence electrons. The zero-order valence-corrected chi connectivity index (χ0v) is 14.5. The van der Waals surface area contributed by atoms with Gasteiger partial charge in [-0.3, -0.25) is 4.79 Å². The van der Waals surface area contributed by atoms with Gasteiger partial charge < -0.3 is 9.13 Å². The molecule has 2 aromatic heterocycles. The number of benzene rings is 2. The van der Waals surface area contributed by atoms with Crippen molar-refractivity contribution in [2.75, 3.05) is 0 Å². The second-order valence-electron chi connectivity index (χ2n) is 5.62. The van der Waals surface area contributed by atoms with E-state index in [-0.39, 0.29) is 10.9 Å². The molecule has 2 aromatic carbocycles. The molecule has 0 N–H and O–H groups in total. The average molecular weight is 356 g/mol. The van der Waals surface area contributed by atoms with Gasteiger partial charge in [-0.05, 0) is 35.4 Å². The van der Waals surface area contributed by atoms with Crippen LogP contribution in [0, 0.1) is 0 Å². The Morgan fingerprint density at radius 3 is 2.75 bits per heavy atom. The maximum atomic E-state index is 11.9. The lowest BCUT2D eigenvalue weighted by atomic mass is 9.98. The zero-order chi connectivity index (χ0) is 16.7. The number of aryl methyl sites for hydroxylation is 1. The van der Waals surface area contributed by atoms with Crippen molar-refractivity contribution in [3.63, 3.8) is 0 Å². The van der Waals surface area contributed by atoms with Crippen LogP contribution in [0.4, 0.5) is 0 Å². The first kappa shape index (κ1) is 15.2. The number of hydrogen-bond donors (Lipinski definition) is 0. The van der Waals surface area contributed by atoms with Gasteiger partial charge in [0.2, 0.25) is 0 Å². The number of aromatic nitrogens is 3. The van der Waals surface area contributed by atoms with Crippen molar-refractivity contribution in [1.82, 2.24) is 14.1 Å². The summed E-state index contributed by atoms with van der Waals surface area (Å²) in [5.41, 5.74) is 3.11. The van der Waals surface area contributed by atoms with Crippen molar-refractivity contribution in [2.45, 2.75) is 6.04 Å². The fraction of sp³-hybridized carbons (Fsp3) is 0.111. The molecule has 24 heavy (non-hydrogen) atoms. The number of nitrogens with zero attached hydrogens (tertiary/aromatic N) is 3. The van der Waals surface area contributed by atoms with Crippen LogP contribution < -0.4 is 4.87 Å². The maximum Gasteiger partial charge on any atom is 0.307 e. The van der Waals surface area contributed by atoms with Crippen LogP contribution >= 0.6 is 22.9 Å². The van der Waals surface area contributed by atoms with Gasteiger partial charge in [-0.15, -0.1) is 0 Å². The lowest BCUT2D eigenvalue weighted by molar-refractivity contribution is 0.677. The molecule has 0 radical (unpaired) electrons. The van der Waals surface area contributed by atoms with Crippen molar-refractivity contribution >= 4 is 33.2 Å². The Balaban J connectivity index is 1.92. The monoisotopic (exact) mass is 355 g/mol. The largest absolute Gasteiger partial charge is 0.326 e. The molecule has 0 saturated carbocycles. The van der Waals surface area contributed by atoms with E-state index in [4.69, 9.17) is 11.6 Å². The second-order valence-corrected chi connectivity index (χ2v) is 7.05. The van der Waals surface area contributed by atoms with Crippen molar-refractivity contribution in [2.24, 2.45) is 7.05 Å². The van der Waals surface area contributed by atoms with Gasteiger partial charge in [-0.2, -0.15) is 0 Å². The van der Waals surface area contributed by atoms with Crippen LogP contribution in [-0.4, -0.2) is 14.1 Å². The summed E-state index contributed by atoms with van der Waals surface area (Å²) in [7, 11) is 1.80. The van der Waals surface area contributed by atoms with Crippen LogP contribution in [0.2, 0.25) is 5.02 Å². The maximum absolute atomic E-state index is 11.9. The van der Waals surface area contributed by atoms with E-state index in [1.165, 1.54) is 11.3 Å². The topological polar surface area (TPSA) is 39.8 Å². The fourth-order valence-electron chi connectivity index (χ4n) is 2.96. The molecule has 0 bridgehead atoms. The Hall–Kier alpha value is -2.37. The lowest BCUT2D eigenvalue weighted by Crippen LogP contribution is -2.10. The van der Waals surface area contributed by atoms with Crippen molar-refractivity contribution < 1.29 is 0 Å². The predicted octanol–water partition coefficient (Wildman–Crippen LogP) is 4.09. The van der Waals surface area contributed by atoms with Gasteiger partial charge in [0.25, 0.3) is 0 Å². The summed E-state index contributed by atoms with van der Waals surface area (Å²) in [6, 6.07) is 13.9. The third-order valence-electron chi connectivity index (χ3n) is 4.12. The Labute approximate surface area is 147 Å². The first-order valence-corrected chi connectivity index (χ1v) is 8.65. The highest BCUT2D eigenvalue weighted by atomic mass is 35.5. The van der Waals surface area contributed by atoms with Crippen LogP contribution in [-0.2, 0) is 7.05 Å². The molecule has 6 heteroatoms. The summed E-state index contributed by atoms with van der Waals surface area (Å²) in [5, 5.41) is 0.697. The van der Waals surface area contributed by atoms with Gasteiger partial charge in [0, 0.05) is 24.5 Å². The Morgan fingerprint density at radius 1 is 1.17 bits per heavy atom. The van der Waals surface area contributed by atoms with E-state index >= 15 is 0 Å². The van der Waals surface area contributed by atoms with E-state index in [1.54, 1.807) is 24.1 Å². The van der Waals surface area contributed by atoms with Crippen LogP contribution in [0.5, 0.6) is 0 Å². The van der Waals surface area contributed by atoms with Crippen LogP contribution in [0.25, 0.3) is 10.2 Å². The minimum atomic E-state index is -0.0434. The molecule has 0 fully saturated rings. The summed E-state index contributed by atoms with van der Waals surface area (Å²) in [6.07, 6.45) is 5.49. The fourth-order valence-corrected chi connectivity index (χ4v) is 4.08. The number of halogens is 1. The highest BCUT2D eigenvalue weighted by Gasteiger charge is 2.17. The van der Waals surface area contributed by atoms with E-state index in [2.05, 4.69) is 17.1 Å². The minimum absolute atomic E-state index is 0.0434. The molecule has 1 unspecified atom stereocenters. The standard InChI is InChI=1S/C18H14ClN3OS/c1-21-15-6-5-13(10-16(15)24-18(21)23)17(22-8-7-20-11-22)12-3-2-4-14(19)9-12/h2-11,17H,1H3. The molecule has 2 heterocycles. The molecule has 4 rings (SSSR count). The van der Waals surface area contributed by atoms with Gasteiger partial charge >= 0.3 is 4.87 Å². The highest BCUT2D eigenvalue weighted by Crippen LogP contribution is 2.31. The minimum Gasteiger partial charge on any atom is -0.326 e. The molecule has 1 atom stereocenters. The summed E-state index contributed by atoms with van der Waals surface area (Å²) in [4.78, 5) is 16.1. The van der Waals surface area contributed by atoms with E-state index in [0.717, 1.165) is 21.3 Å². The highest BCUT2D eigenvalue weighted by molar-refractivity contribution is 7.16. The predicted molar refractivity (Wildman–Crippen MR) is 98.0 cm³/mol. The van der Waals surface area contributed by atoms with Gasteiger partial charge in [0.05, 0.1) is 22.6 Å². The smallest absolute Gasteiger partial charge is 0.307 e. The molecule has 0 aliphatic carbocycles. The van der Waals surface area contributed by atoms with Gasteiger partial charge in [-0.25, -0.2) is 4.98 Å². The van der Waals surface area contributed by atoms with Gasteiger partial charge in [0.1, 0.15) is 0 Å². The number of hydrogen-bond acceptors (Lipinski definition) is 3. The summed E-state index contributed by atoms with van der Waals surface area (Å²) < 4.78 is 4.70. The molecule has 4 aromatic rings. The van der Waals surface area contributed by atoms with Crippen molar-refractivity contribution in [1.29, 1.82) is 0 Å². The first-order valence-electron chi connectivity index (χ1n) is 7.46. The van der Waals surface area contributed by atoms with E-state index in [1.807, 2.05) is 41.1 Å². The third kappa shape index (κ3) is 2.56. The van der Waals surface area contributed by atoms with E-state index in [0.29, 0.717) is 5.02 Å². The Morgan fingerprint density at radius 2 is 2.00 bits per heavy atom. The van der Waals surface area contributed by atoms with Crippen LogP contribution in [0.3, 0.4) is 0 Å². The van der Waals surface area contributed by atoms with Crippen LogP contribution in [0.15, 0.2) is 66.0 Å². The normalized spacial score (nSPS) is 12.6. The quantitative estimate of drug-likeness (QED) is 0.555. The Kier molecular flexibility index (Phi) is 3.75. The number of rotatable bonds is 3. The van der Waals surface area contributed by atoms with Gasteiger partial charge in [0.15, 0.2) is 0 Å². The molecule has 0 amide bonds. The van der Waals surface area contributed by atoms with E-state index in [9.17, 15) is 4.79 Å². The third-order valence-corrected chi connectivity index (χ3v) is 5.35. The number of imidazole rings is 1. The van der Waals surface area contributed by atoms with Crippen molar-refractivity contribution in [3.8, 4) is 0 Å². The van der Waals surface area contributed by atoms with E-state index < -0.39 is 0 Å². The first-order chi connectivity index (χ1) is 11.6. The second kappa shape index (κ2) is 5.92. The summed E-state index contributed by atoms with van der Waals surface area (Å²) in [6.45, 7) is 0. The molecular formula is C18H14ClN3OS.